The number of tetrazole rings is 1. The average Bonchev–Trinajstić information content (AvgIpc) is 2.36. The molecular weight excluding hydrogens is 148 g/mol. The van der Waals surface area contributed by atoms with Crippen LogP contribution in [-0.2, 0) is 12.3 Å². The maximum atomic E-state index is 3.86. The van der Waals surface area contributed by atoms with E-state index in [0.717, 1.165) is 18.1 Å². The monoisotopic (exact) mass is 158 g/mol. The highest BCUT2D eigenvalue weighted by Gasteiger charge is 2.00. The van der Waals surface area contributed by atoms with Crippen molar-refractivity contribution in [3.8, 4) is 0 Å². The Hall–Kier alpha value is -0.580. The molecule has 10 heavy (non-hydrogen) atoms. The van der Waals surface area contributed by atoms with Crippen LogP contribution in [0.3, 0.4) is 0 Å². The van der Waals surface area contributed by atoms with Crippen LogP contribution in [0.2, 0.25) is 0 Å². The first kappa shape index (κ1) is 7.53. The molecule has 0 aliphatic carbocycles. The predicted octanol–water partition coefficient (Wildman–Crippen LogP) is 0.556. The Morgan fingerprint density at radius 2 is 2.40 bits per heavy atom. The molecule has 0 aliphatic rings. The van der Waals surface area contributed by atoms with Gasteiger partial charge in [0.05, 0.1) is 5.75 Å². The molecule has 0 radical (unpaired) electrons. The van der Waals surface area contributed by atoms with Crippen molar-refractivity contribution in [3.05, 3.63) is 5.82 Å². The van der Waals surface area contributed by atoms with Crippen LogP contribution in [0.1, 0.15) is 12.7 Å². The smallest absolute Gasteiger partial charge is 0.161 e. The van der Waals surface area contributed by atoms with Gasteiger partial charge >= 0.3 is 0 Å². The summed E-state index contributed by atoms with van der Waals surface area (Å²) in [5.74, 6) is 1.84. The molecule has 0 atom stereocenters. The van der Waals surface area contributed by atoms with Gasteiger partial charge in [-0.05, 0) is 23.6 Å². The van der Waals surface area contributed by atoms with Crippen LogP contribution >= 0.6 is 11.8 Å². The fraction of sp³-hybridized carbons (Fsp3) is 0.800. The third-order valence-corrected chi connectivity index (χ3v) is 1.73. The zero-order chi connectivity index (χ0) is 7.40. The quantitative estimate of drug-likeness (QED) is 0.644. The van der Waals surface area contributed by atoms with Gasteiger partial charge in [-0.15, -0.1) is 5.10 Å². The summed E-state index contributed by atoms with van der Waals surface area (Å²) in [6, 6.07) is 0. The van der Waals surface area contributed by atoms with Gasteiger partial charge in [0.25, 0.3) is 0 Å². The van der Waals surface area contributed by atoms with Crippen molar-refractivity contribution in [3.63, 3.8) is 0 Å². The molecule has 0 spiro atoms. The van der Waals surface area contributed by atoms with Crippen molar-refractivity contribution in [1.29, 1.82) is 0 Å². The molecule has 0 aromatic carbocycles. The second kappa shape index (κ2) is 3.55. The molecule has 1 aromatic rings. The summed E-state index contributed by atoms with van der Waals surface area (Å²) in [5.41, 5.74) is 0. The summed E-state index contributed by atoms with van der Waals surface area (Å²) < 4.78 is 1.80. The number of thioether (sulfide) groups is 1. The van der Waals surface area contributed by atoms with Crippen LogP contribution in [-0.4, -0.2) is 26.5 Å². The third kappa shape index (κ3) is 1.47. The Morgan fingerprint density at radius 3 is 3.00 bits per heavy atom. The molecule has 4 nitrogen and oxygen atoms in total. The van der Waals surface area contributed by atoms with E-state index in [9.17, 15) is 0 Å². The number of hydrogen-bond acceptors (Lipinski definition) is 4. The lowest BCUT2D eigenvalue weighted by Gasteiger charge is -1.96. The van der Waals surface area contributed by atoms with Gasteiger partial charge in [-0.2, -0.15) is 11.8 Å². The number of aryl methyl sites for hydroxylation is 1. The highest BCUT2D eigenvalue weighted by Crippen LogP contribution is 2.03. The predicted molar refractivity (Wildman–Crippen MR) is 40.7 cm³/mol. The molecule has 56 valence electrons. The van der Waals surface area contributed by atoms with Gasteiger partial charge in [0, 0.05) is 6.54 Å². The standard InChI is InChI=1S/C5H10N4S/c1-3-9-5(4-10-2)6-7-8-9/h3-4H2,1-2H3. The molecule has 0 saturated heterocycles. The van der Waals surface area contributed by atoms with Gasteiger partial charge < -0.3 is 0 Å². The van der Waals surface area contributed by atoms with Crippen molar-refractivity contribution in [2.45, 2.75) is 19.2 Å². The van der Waals surface area contributed by atoms with E-state index in [1.807, 2.05) is 13.2 Å². The van der Waals surface area contributed by atoms with Crippen LogP contribution in [0.15, 0.2) is 0 Å². The minimum atomic E-state index is 0.850. The zero-order valence-corrected chi connectivity index (χ0v) is 6.93. The first-order valence-electron chi connectivity index (χ1n) is 3.12. The second-order valence-electron chi connectivity index (χ2n) is 1.84. The maximum absolute atomic E-state index is 3.86. The average molecular weight is 158 g/mol. The number of hydrogen-bond donors (Lipinski definition) is 0. The van der Waals surface area contributed by atoms with Crippen LogP contribution in [0.5, 0.6) is 0 Å². The van der Waals surface area contributed by atoms with Crippen molar-refractivity contribution in [2.75, 3.05) is 6.26 Å². The van der Waals surface area contributed by atoms with Crippen molar-refractivity contribution < 1.29 is 0 Å². The summed E-state index contributed by atoms with van der Waals surface area (Å²) in [6.45, 7) is 2.88. The van der Waals surface area contributed by atoms with Crippen molar-refractivity contribution >= 4 is 11.8 Å². The highest BCUT2D eigenvalue weighted by atomic mass is 32.2. The van der Waals surface area contributed by atoms with Crippen LogP contribution in [0.25, 0.3) is 0 Å². The van der Waals surface area contributed by atoms with E-state index in [2.05, 4.69) is 15.5 Å². The van der Waals surface area contributed by atoms with Gasteiger partial charge in [-0.25, -0.2) is 4.68 Å². The van der Waals surface area contributed by atoms with Gasteiger partial charge in [0.15, 0.2) is 5.82 Å². The Labute approximate surface area is 64.0 Å². The largest absolute Gasteiger partial charge is 0.229 e. The Balaban J connectivity index is 2.70. The number of nitrogens with zero attached hydrogens (tertiary/aromatic N) is 4. The molecule has 0 unspecified atom stereocenters. The minimum absolute atomic E-state index is 0.850. The number of rotatable bonds is 3. The fourth-order valence-electron chi connectivity index (χ4n) is 0.701. The Bertz CT molecular complexity index is 197. The van der Waals surface area contributed by atoms with Crippen LogP contribution in [0, 0.1) is 0 Å². The molecule has 0 saturated carbocycles. The summed E-state index contributed by atoms with van der Waals surface area (Å²) >= 11 is 1.73. The van der Waals surface area contributed by atoms with Crippen LogP contribution < -0.4 is 0 Å². The first-order valence-corrected chi connectivity index (χ1v) is 4.51. The molecule has 1 rings (SSSR count). The highest BCUT2D eigenvalue weighted by molar-refractivity contribution is 7.97. The van der Waals surface area contributed by atoms with Gasteiger partial charge in [-0.1, -0.05) is 0 Å². The van der Waals surface area contributed by atoms with Gasteiger partial charge in [-0.3, -0.25) is 0 Å². The van der Waals surface area contributed by atoms with Crippen molar-refractivity contribution in [2.24, 2.45) is 0 Å². The summed E-state index contributed by atoms with van der Waals surface area (Å²) in [6.07, 6.45) is 2.04. The lowest BCUT2D eigenvalue weighted by Crippen LogP contribution is -2.01. The summed E-state index contributed by atoms with van der Waals surface area (Å²) in [7, 11) is 0. The molecule has 0 N–H and O–H groups in total. The molecule has 1 aromatic heterocycles. The SMILES string of the molecule is CCn1nnnc1CSC. The van der Waals surface area contributed by atoms with E-state index < -0.39 is 0 Å². The fourth-order valence-corrected chi connectivity index (χ4v) is 1.17. The second-order valence-corrected chi connectivity index (χ2v) is 2.71. The normalized spacial score (nSPS) is 10.2. The zero-order valence-electron chi connectivity index (χ0n) is 6.11. The molecule has 0 amide bonds. The van der Waals surface area contributed by atoms with Gasteiger partial charge in [0.2, 0.25) is 0 Å². The van der Waals surface area contributed by atoms with E-state index in [1.165, 1.54) is 0 Å². The van der Waals surface area contributed by atoms with E-state index in [4.69, 9.17) is 0 Å². The first-order chi connectivity index (χ1) is 4.88. The molecule has 5 heteroatoms. The Morgan fingerprint density at radius 1 is 1.60 bits per heavy atom. The Kier molecular flexibility index (Phi) is 2.68. The summed E-state index contributed by atoms with van der Waals surface area (Å²) in [4.78, 5) is 0. The lowest BCUT2D eigenvalue weighted by atomic mass is 10.6. The molecule has 0 fully saturated rings. The minimum Gasteiger partial charge on any atom is -0.229 e. The summed E-state index contributed by atoms with van der Waals surface area (Å²) in [5, 5.41) is 11.2. The van der Waals surface area contributed by atoms with Crippen LogP contribution in [0.4, 0.5) is 0 Å². The number of aromatic nitrogens is 4. The lowest BCUT2D eigenvalue weighted by molar-refractivity contribution is 0.609. The topological polar surface area (TPSA) is 43.6 Å². The molecule has 0 aliphatic heterocycles. The molecule has 1 heterocycles. The van der Waals surface area contributed by atoms with E-state index in [-0.39, 0.29) is 0 Å². The van der Waals surface area contributed by atoms with Crippen molar-refractivity contribution in [1.82, 2.24) is 20.2 Å². The van der Waals surface area contributed by atoms with E-state index in [0.29, 0.717) is 0 Å². The van der Waals surface area contributed by atoms with Gasteiger partial charge in [0.1, 0.15) is 0 Å². The maximum Gasteiger partial charge on any atom is 0.161 e. The van der Waals surface area contributed by atoms with E-state index in [1.54, 1.807) is 16.4 Å². The molecule has 0 bridgehead atoms. The third-order valence-electron chi connectivity index (χ3n) is 1.18. The van der Waals surface area contributed by atoms with E-state index >= 15 is 0 Å². The molecular formula is C5H10N4S.